The fourth-order valence-electron chi connectivity index (χ4n) is 2.11. The van der Waals surface area contributed by atoms with E-state index in [2.05, 4.69) is 44.1 Å². The van der Waals surface area contributed by atoms with Crippen LogP contribution in [0.25, 0.3) is 0 Å². The lowest BCUT2D eigenvalue weighted by Gasteiger charge is -2.28. The van der Waals surface area contributed by atoms with Crippen LogP contribution in [0, 0.1) is 0 Å². The molecule has 0 aromatic heterocycles. The lowest BCUT2D eigenvalue weighted by atomic mass is 10.2. The molecule has 0 bridgehead atoms. The Morgan fingerprint density at radius 2 is 1.33 bits per heavy atom. The molecule has 0 rings (SSSR count). The summed E-state index contributed by atoms with van der Waals surface area (Å²) in [4.78, 5) is 6.53. The fourth-order valence-corrected chi connectivity index (χ4v) is 3.83. The van der Waals surface area contributed by atoms with Gasteiger partial charge >= 0.3 is 0 Å². The van der Waals surface area contributed by atoms with E-state index in [0.717, 1.165) is 0 Å². The van der Waals surface area contributed by atoms with Gasteiger partial charge in [-0.1, -0.05) is 47.1 Å². The summed E-state index contributed by atoms with van der Waals surface area (Å²) in [5, 5.41) is 0. The van der Waals surface area contributed by atoms with Crippen molar-refractivity contribution in [2.45, 2.75) is 72.0 Å². The monoisotopic (exact) mass is 272 g/mol. The van der Waals surface area contributed by atoms with E-state index < -0.39 is 8.24 Å². The molecule has 0 radical (unpaired) electrons. The van der Waals surface area contributed by atoms with Crippen molar-refractivity contribution in [3.05, 3.63) is 0 Å². The Kier molecular flexibility index (Phi) is 11.1. The molecule has 0 aliphatic heterocycles. The molecule has 0 aliphatic rings. The van der Waals surface area contributed by atoms with Crippen molar-refractivity contribution in [1.82, 2.24) is 9.88 Å². The van der Waals surface area contributed by atoms with Crippen LogP contribution in [0.5, 0.6) is 0 Å². The second-order valence-corrected chi connectivity index (χ2v) is 10.6. The van der Waals surface area contributed by atoms with Crippen molar-refractivity contribution in [2.75, 3.05) is 26.2 Å². The molecular formula is C15H36N2Si. The molecule has 0 aromatic rings. The van der Waals surface area contributed by atoms with Crippen LogP contribution in [0.2, 0.25) is 18.6 Å². The Labute approximate surface area is 117 Å². The first-order valence-electron chi connectivity index (χ1n) is 8.09. The van der Waals surface area contributed by atoms with Gasteiger partial charge in [-0.15, -0.1) is 0 Å². The minimum absolute atomic E-state index is 1.10. The van der Waals surface area contributed by atoms with Crippen LogP contribution in [0.4, 0.5) is 0 Å². The molecule has 0 amide bonds. The molecule has 0 heterocycles. The van der Waals surface area contributed by atoms with Gasteiger partial charge in [-0.25, -0.2) is 0 Å². The first-order valence-corrected chi connectivity index (χ1v) is 11.0. The topological polar surface area (TPSA) is 15.3 Å². The van der Waals surface area contributed by atoms with Crippen LogP contribution in [0.1, 0.15) is 53.4 Å². The highest BCUT2D eigenvalue weighted by atomic mass is 28.3. The normalized spacial score (nSPS) is 12.3. The summed E-state index contributed by atoms with van der Waals surface area (Å²) in [5.41, 5.74) is 0. The smallest absolute Gasteiger partial charge is 0.122 e. The van der Waals surface area contributed by atoms with Gasteiger partial charge < -0.3 is 9.88 Å². The molecular weight excluding hydrogens is 236 g/mol. The van der Waals surface area contributed by atoms with E-state index in [1.54, 1.807) is 0 Å². The molecule has 1 N–H and O–H groups in total. The maximum Gasteiger partial charge on any atom is 0.122 e. The predicted molar refractivity (Wildman–Crippen MR) is 86.8 cm³/mol. The fraction of sp³-hybridized carbons (Fsp3) is 1.00. The number of nitrogens with zero attached hydrogens (tertiary/aromatic N) is 1. The molecule has 0 fully saturated rings. The van der Waals surface area contributed by atoms with Crippen molar-refractivity contribution >= 4 is 8.24 Å². The second kappa shape index (κ2) is 11.0. The van der Waals surface area contributed by atoms with Crippen molar-refractivity contribution in [1.29, 1.82) is 0 Å². The van der Waals surface area contributed by atoms with Gasteiger partial charge in [0, 0.05) is 13.1 Å². The van der Waals surface area contributed by atoms with Gasteiger partial charge in [0.25, 0.3) is 0 Å². The summed E-state index contributed by atoms with van der Waals surface area (Å²) in [6.07, 6.45) is 5.32. The van der Waals surface area contributed by atoms with Crippen LogP contribution < -0.4 is 4.98 Å². The average molecular weight is 273 g/mol. The predicted octanol–water partition coefficient (Wildman–Crippen LogP) is 4.09. The van der Waals surface area contributed by atoms with Gasteiger partial charge in [-0.2, -0.15) is 0 Å². The van der Waals surface area contributed by atoms with Crippen LogP contribution in [0.3, 0.4) is 0 Å². The first-order chi connectivity index (χ1) is 8.61. The van der Waals surface area contributed by atoms with Crippen molar-refractivity contribution in [3.8, 4) is 0 Å². The number of rotatable bonds is 12. The van der Waals surface area contributed by atoms with Gasteiger partial charge in [-0.3, -0.25) is 0 Å². The second-order valence-electron chi connectivity index (χ2n) is 5.74. The largest absolute Gasteiger partial charge is 0.336 e. The summed E-state index contributed by atoms with van der Waals surface area (Å²) in [6.45, 7) is 16.7. The standard InChI is InChI=1S/C15H36N2Si/c1-6-10-13-17(14-11-7-2)15-12-16-18(5,8-3)9-4/h16H,6-15H2,1-5H3. The van der Waals surface area contributed by atoms with Crippen molar-refractivity contribution < 1.29 is 0 Å². The lowest BCUT2D eigenvalue weighted by molar-refractivity contribution is 0.269. The maximum absolute atomic E-state index is 3.88. The number of nitrogens with one attached hydrogen (secondary N) is 1. The van der Waals surface area contributed by atoms with E-state index in [-0.39, 0.29) is 0 Å². The molecule has 18 heavy (non-hydrogen) atoms. The van der Waals surface area contributed by atoms with Gasteiger partial charge in [0.1, 0.15) is 8.24 Å². The van der Waals surface area contributed by atoms with E-state index in [4.69, 9.17) is 0 Å². The summed E-state index contributed by atoms with van der Waals surface area (Å²) < 4.78 is 0. The van der Waals surface area contributed by atoms with Gasteiger partial charge in [0.15, 0.2) is 0 Å². The van der Waals surface area contributed by atoms with Crippen molar-refractivity contribution in [2.24, 2.45) is 0 Å². The summed E-state index contributed by atoms with van der Waals surface area (Å²) >= 11 is 0. The number of hydrogen-bond acceptors (Lipinski definition) is 2. The third kappa shape index (κ3) is 8.28. The van der Waals surface area contributed by atoms with E-state index in [0.29, 0.717) is 0 Å². The van der Waals surface area contributed by atoms with Gasteiger partial charge in [-0.05, 0) is 38.0 Å². The molecule has 0 atom stereocenters. The van der Waals surface area contributed by atoms with E-state index >= 15 is 0 Å². The molecule has 0 aromatic carbocycles. The highest BCUT2D eigenvalue weighted by molar-refractivity contribution is 6.76. The van der Waals surface area contributed by atoms with Crippen LogP contribution >= 0.6 is 0 Å². The molecule has 0 saturated heterocycles. The zero-order chi connectivity index (χ0) is 13.9. The highest BCUT2D eigenvalue weighted by Gasteiger charge is 2.21. The molecule has 0 aliphatic carbocycles. The van der Waals surface area contributed by atoms with E-state index in [9.17, 15) is 0 Å². The molecule has 0 saturated carbocycles. The molecule has 110 valence electrons. The zero-order valence-corrected chi connectivity index (χ0v) is 14.5. The number of unbranched alkanes of at least 4 members (excludes halogenated alkanes) is 2. The highest BCUT2D eigenvalue weighted by Crippen LogP contribution is 2.10. The SMILES string of the molecule is CCCCN(CCCC)CCN[Si](C)(CC)CC. The Bertz CT molecular complexity index is 173. The molecule has 3 heteroatoms. The molecule has 2 nitrogen and oxygen atoms in total. The van der Waals surface area contributed by atoms with E-state index in [1.807, 2.05) is 0 Å². The minimum atomic E-state index is -1.10. The average Bonchev–Trinajstić information content (AvgIpc) is 2.40. The minimum Gasteiger partial charge on any atom is -0.336 e. The van der Waals surface area contributed by atoms with Crippen LogP contribution in [-0.4, -0.2) is 39.3 Å². The van der Waals surface area contributed by atoms with Gasteiger partial charge in [0.2, 0.25) is 0 Å². The maximum atomic E-state index is 3.88. The Hall–Kier alpha value is 0.137. The lowest BCUT2D eigenvalue weighted by Crippen LogP contribution is -2.49. The summed E-state index contributed by atoms with van der Waals surface area (Å²) in [5.74, 6) is 0. The quantitative estimate of drug-likeness (QED) is 0.538. The van der Waals surface area contributed by atoms with Crippen molar-refractivity contribution in [3.63, 3.8) is 0 Å². The summed E-state index contributed by atoms with van der Waals surface area (Å²) in [7, 11) is -1.10. The first kappa shape index (κ1) is 18.1. The Balaban J connectivity index is 3.93. The third-order valence-corrected chi connectivity index (χ3v) is 8.42. The zero-order valence-electron chi connectivity index (χ0n) is 13.5. The van der Waals surface area contributed by atoms with Gasteiger partial charge in [0.05, 0.1) is 0 Å². The summed E-state index contributed by atoms with van der Waals surface area (Å²) in [6, 6.07) is 2.71. The number of hydrogen-bond donors (Lipinski definition) is 1. The van der Waals surface area contributed by atoms with E-state index in [1.165, 1.54) is 64.0 Å². The third-order valence-electron chi connectivity index (χ3n) is 4.20. The Morgan fingerprint density at radius 1 is 0.833 bits per heavy atom. The molecule has 0 spiro atoms. The van der Waals surface area contributed by atoms with Crippen LogP contribution in [-0.2, 0) is 0 Å². The van der Waals surface area contributed by atoms with Crippen LogP contribution in [0.15, 0.2) is 0 Å². The molecule has 0 unspecified atom stereocenters. The Morgan fingerprint density at radius 3 is 1.72 bits per heavy atom.